The van der Waals surface area contributed by atoms with Gasteiger partial charge in [-0.1, -0.05) is 0 Å². The van der Waals surface area contributed by atoms with Crippen molar-refractivity contribution < 1.29 is 8.39 Å². The second kappa shape index (κ2) is 2.65. The van der Waals surface area contributed by atoms with Crippen molar-refractivity contribution in [1.29, 1.82) is 0 Å². The number of nitrogens with one attached hydrogen (secondary N) is 1. The molecule has 1 rings (SSSR count). The fraction of sp³-hybridized carbons (Fsp3) is 0. The standard InChI is InChI=1S/F2H4N4P3/c1-9(2)5-7-4-8(3)6-9/h7H,(H3,3,4,5)/q+1. The van der Waals surface area contributed by atoms with Gasteiger partial charge in [-0.05, 0) is 4.52 Å². The van der Waals surface area contributed by atoms with Gasteiger partial charge in [0.2, 0.25) is 0 Å². The van der Waals surface area contributed by atoms with Crippen molar-refractivity contribution in [3.8, 4) is 0 Å². The van der Waals surface area contributed by atoms with E-state index in [1.165, 1.54) is 0 Å². The highest BCUT2D eigenvalue weighted by molar-refractivity contribution is 7.71. The number of nitrogens with two attached hydrogens (primary N) is 1. The van der Waals surface area contributed by atoms with Gasteiger partial charge in [0.15, 0.2) is 0 Å². The highest BCUT2D eigenvalue weighted by Crippen LogP contribution is 2.59. The molecule has 0 aromatic carbocycles. The van der Waals surface area contributed by atoms with Crippen molar-refractivity contribution in [1.82, 2.24) is 4.86 Å². The average Bonchev–Trinajstić information content (AvgIpc) is 1.60. The number of nitrogens with zero attached hydrogens (tertiary/aromatic N) is 2. The Kier molecular flexibility index (Phi) is 2.25. The van der Waals surface area contributed by atoms with E-state index >= 15 is 0 Å². The first kappa shape index (κ1) is 7.64. The Labute approximate surface area is 53.4 Å². The van der Waals surface area contributed by atoms with Crippen LogP contribution in [0.15, 0.2) is 9.03 Å². The molecule has 52 valence electrons. The lowest BCUT2D eigenvalue weighted by molar-refractivity contribution is 0.716. The highest BCUT2D eigenvalue weighted by atomic mass is 31.3. The Morgan fingerprint density at radius 1 is 1.67 bits per heavy atom. The third-order valence-corrected chi connectivity index (χ3v) is 4.87. The molecule has 0 saturated carbocycles. The molecule has 9 heavy (non-hydrogen) atoms. The van der Waals surface area contributed by atoms with Crippen LogP contribution in [-0.4, -0.2) is 0 Å². The van der Waals surface area contributed by atoms with E-state index in [-0.39, 0.29) is 8.88 Å². The summed E-state index contributed by atoms with van der Waals surface area (Å²) in [6.07, 6.45) is 0. The molecule has 3 N–H and O–H groups in total. The summed E-state index contributed by atoms with van der Waals surface area (Å²) in [6.45, 7) is 0. The highest BCUT2D eigenvalue weighted by Gasteiger charge is 2.27. The fourth-order valence-corrected chi connectivity index (χ4v) is 3.79. The maximum Gasteiger partial charge on any atom is 0.456 e. The summed E-state index contributed by atoms with van der Waals surface area (Å²) in [7, 11) is -6.06. The number of halogens is 2. The lowest BCUT2D eigenvalue weighted by Gasteiger charge is -2.00. The number of hydrogen-bond donors (Lipinski definition) is 2. The Balaban J connectivity index is 2.88. The van der Waals surface area contributed by atoms with Crippen molar-refractivity contribution in [2.24, 2.45) is 14.5 Å². The van der Waals surface area contributed by atoms with E-state index in [1.54, 1.807) is 0 Å². The molecule has 0 aliphatic carbocycles. The molecule has 4 nitrogen and oxygen atoms in total. The molecule has 1 aliphatic heterocycles. The monoisotopic (exact) mass is 191 g/mol. The zero-order valence-corrected chi connectivity index (χ0v) is 6.91. The van der Waals surface area contributed by atoms with E-state index in [0.29, 0.717) is 0 Å². The van der Waals surface area contributed by atoms with E-state index in [9.17, 15) is 8.39 Å². The van der Waals surface area contributed by atoms with Crippen LogP contribution in [0.1, 0.15) is 0 Å². The van der Waals surface area contributed by atoms with Gasteiger partial charge < -0.3 is 0 Å². The number of rotatable bonds is 0. The first-order valence-electron chi connectivity index (χ1n) is 1.89. The van der Waals surface area contributed by atoms with Gasteiger partial charge in [0.1, 0.15) is 8.88 Å². The van der Waals surface area contributed by atoms with Gasteiger partial charge in [-0.2, -0.15) is 13.3 Å². The van der Waals surface area contributed by atoms with E-state index in [1.807, 2.05) is 4.86 Å². The smallest absolute Gasteiger partial charge is 0.187 e. The third-order valence-electron chi connectivity index (χ3n) is 0.541. The second-order valence-electron chi connectivity index (χ2n) is 1.22. The molecular weight excluding hydrogens is 187 g/mol. The van der Waals surface area contributed by atoms with Gasteiger partial charge in [-0.3, -0.25) is 0 Å². The molecule has 0 aromatic heterocycles. The Bertz CT molecular complexity index is 190. The summed E-state index contributed by atoms with van der Waals surface area (Å²) >= 11 is 0. The Morgan fingerprint density at radius 2 is 2.33 bits per heavy atom. The average molecular weight is 191 g/mol. The van der Waals surface area contributed by atoms with Crippen LogP contribution >= 0.6 is 24.7 Å². The minimum absolute atomic E-state index is 0.282. The summed E-state index contributed by atoms with van der Waals surface area (Å²) in [4.78, 5) is 1.90. The Morgan fingerprint density at radius 3 is 2.67 bits per heavy atom. The van der Waals surface area contributed by atoms with Crippen LogP contribution in [0.25, 0.3) is 0 Å². The van der Waals surface area contributed by atoms with Gasteiger partial charge in [0, 0.05) is 4.52 Å². The zero-order valence-electron chi connectivity index (χ0n) is 4.12. The first-order chi connectivity index (χ1) is 4.10. The van der Waals surface area contributed by atoms with Crippen molar-refractivity contribution >= 4 is 24.7 Å². The SMILES string of the molecule is N[P+]1=NPNP(F)(F)=N1. The van der Waals surface area contributed by atoms with Crippen LogP contribution in [0.5, 0.6) is 0 Å². The molecule has 0 aromatic rings. The lowest BCUT2D eigenvalue weighted by Crippen LogP contribution is -1.90. The van der Waals surface area contributed by atoms with Crippen molar-refractivity contribution in [3.63, 3.8) is 0 Å². The van der Waals surface area contributed by atoms with Crippen molar-refractivity contribution in [3.05, 3.63) is 0 Å². The topological polar surface area (TPSA) is 62.8 Å². The lowest BCUT2D eigenvalue weighted by atomic mass is 13.8. The van der Waals surface area contributed by atoms with E-state index in [0.717, 1.165) is 0 Å². The van der Waals surface area contributed by atoms with Crippen molar-refractivity contribution in [2.45, 2.75) is 0 Å². The molecule has 1 aliphatic rings. The zero-order chi connectivity index (χ0) is 6.91. The van der Waals surface area contributed by atoms with Gasteiger partial charge >= 0.3 is 15.8 Å². The summed E-state index contributed by atoms with van der Waals surface area (Å²) in [5.41, 5.74) is 5.06. The minimum atomic E-state index is -4.20. The van der Waals surface area contributed by atoms with Crippen molar-refractivity contribution in [2.75, 3.05) is 0 Å². The molecule has 0 amide bonds. The molecule has 0 saturated heterocycles. The maximum atomic E-state index is 12.2. The predicted molar refractivity (Wildman–Crippen MR) is 36.6 cm³/mol. The molecule has 0 fully saturated rings. The van der Waals surface area contributed by atoms with E-state index < -0.39 is 15.8 Å². The molecule has 0 bridgehead atoms. The second-order valence-corrected chi connectivity index (χ2v) is 5.46. The minimum Gasteiger partial charge on any atom is -0.187 e. The molecule has 9 heteroatoms. The summed E-state index contributed by atoms with van der Waals surface area (Å²) in [5.74, 6) is 0. The largest absolute Gasteiger partial charge is 0.456 e. The van der Waals surface area contributed by atoms with E-state index in [4.69, 9.17) is 5.50 Å². The van der Waals surface area contributed by atoms with Gasteiger partial charge in [0.05, 0.1) is 0 Å². The van der Waals surface area contributed by atoms with Gasteiger partial charge in [-0.25, -0.2) is 0 Å². The summed E-state index contributed by atoms with van der Waals surface area (Å²) < 4.78 is 30.9. The Hall–Kier alpha value is 0.540. The van der Waals surface area contributed by atoms with Gasteiger partial charge in [-0.15, -0.1) is 5.50 Å². The van der Waals surface area contributed by atoms with Crippen LogP contribution in [0.3, 0.4) is 0 Å². The molecule has 2 atom stereocenters. The third kappa shape index (κ3) is 2.32. The predicted octanol–water partition coefficient (Wildman–Crippen LogP) is 2.44. The number of hydrogen-bond acceptors (Lipinski definition) is 4. The van der Waals surface area contributed by atoms with Crippen LogP contribution in [0.2, 0.25) is 0 Å². The maximum absolute atomic E-state index is 12.2. The quantitative estimate of drug-likeness (QED) is 0.577. The molecule has 2 unspecified atom stereocenters. The molecule has 1 heterocycles. The summed E-state index contributed by atoms with van der Waals surface area (Å²) in [5, 5.41) is 0. The fourth-order valence-electron chi connectivity index (χ4n) is 0.291. The molecule has 0 spiro atoms. The van der Waals surface area contributed by atoms with Crippen LogP contribution in [0, 0.1) is 0 Å². The summed E-state index contributed by atoms with van der Waals surface area (Å²) in [6, 6.07) is 0. The first-order valence-corrected chi connectivity index (χ1v) is 5.68. The van der Waals surface area contributed by atoms with Crippen LogP contribution in [0.4, 0.5) is 8.39 Å². The van der Waals surface area contributed by atoms with Crippen LogP contribution in [-0.2, 0) is 0 Å². The van der Waals surface area contributed by atoms with E-state index in [2.05, 4.69) is 9.03 Å². The van der Waals surface area contributed by atoms with Crippen LogP contribution < -0.4 is 10.4 Å². The molecule has 0 radical (unpaired) electrons. The molecular formula is H4F2N4P3+. The van der Waals surface area contributed by atoms with Gasteiger partial charge in [0.25, 0.3) is 0 Å². The normalized spacial score (nSPS) is 31.2.